The predicted molar refractivity (Wildman–Crippen MR) is 100 cm³/mol. The summed E-state index contributed by atoms with van der Waals surface area (Å²) >= 11 is 1.59. The predicted octanol–water partition coefficient (Wildman–Crippen LogP) is 3.55. The number of para-hydroxylation sites is 2. The first-order valence-electron chi connectivity index (χ1n) is 8.14. The molecule has 2 heterocycles. The molecular weight excluding hydrogens is 366 g/mol. The number of benzene rings is 2. The van der Waals surface area contributed by atoms with E-state index in [1.807, 2.05) is 48.5 Å². The number of hydrogen-bond acceptors (Lipinski definition) is 7. The molecule has 1 aliphatic rings. The quantitative estimate of drug-likeness (QED) is 0.693. The molecule has 0 bridgehead atoms. The molecule has 0 saturated carbocycles. The summed E-state index contributed by atoms with van der Waals surface area (Å²) in [5, 5.41) is 3.61. The van der Waals surface area contributed by atoms with Crippen LogP contribution in [0.5, 0.6) is 0 Å². The van der Waals surface area contributed by atoms with E-state index in [4.69, 9.17) is 15.0 Å². The van der Waals surface area contributed by atoms with Gasteiger partial charge in [-0.1, -0.05) is 41.2 Å². The Balaban J connectivity index is 1.60. The van der Waals surface area contributed by atoms with Crippen LogP contribution in [0.3, 0.4) is 0 Å². The van der Waals surface area contributed by atoms with Crippen molar-refractivity contribution >= 4 is 40.9 Å². The SMILES string of the molecule is Cc1noc(N)c1C(=O)OCC(=O)N1c2ccccc2Sc2ccccc21. The molecule has 0 aliphatic carbocycles. The van der Waals surface area contributed by atoms with Gasteiger partial charge in [-0.2, -0.15) is 0 Å². The molecule has 8 heteroatoms. The number of amides is 1. The largest absolute Gasteiger partial charge is 0.452 e. The minimum Gasteiger partial charge on any atom is -0.452 e. The summed E-state index contributed by atoms with van der Waals surface area (Å²) < 4.78 is 9.94. The average Bonchev–Trinajstić information content (AvgIpc) is 3.02. The number of fused-ring (bicyclic) bond motifs is 2. The van der Waals surface area contributed by atoms with Gasteiger partial charge in [0.25, 0.3) is 5.91 Å². The van der Waals surface area contributed by atoms with E-state index < -0.39 is 12.6 Å². The highest BCUT2D eigenvalue weighted by Gasteiger charge is 2.29. The van der Waals surface area contributed by atoms with Gasteiger partial charge in [-0.15, -0.1) is 0 Å². The van der Waals surface area contributed by atoms with Crippen LogP contribution in [0.2, 0.25) is 0 Å². The highest BCUT2D eigenvalue weighted by molar-refractivity contribution is 7.99. The summed E-state index contributed by atoms with van der Waals surface area (Å²) in [6, 6.07) is 15.2. The van der Waals surface area contributed by atoms with Crippen LogP contribution in [0.25, 0.3) is 0 Å². The van der Waals surface area contributed by atoms with Crippen LogP contribution < -0.4 is 10.6 Å². The fraction of sp³-hybridized carbons (Fsp3) is 0.105. The molecule has 0 radical (unpaired) electrons. The average molecular weight is 381 g/mol. The molecule has 7 nitrogen and oxygen atoms in total. The highest BCUT2D eigenvalue weighted by Crippen LogP contribution is 2.47. The van der Waals surface area contributed by atoms with Gasteiger partial charge in [-0.05, 0) is 31.2 Å². The monoisotopic (exact) mass is 381 g/mol. The highest BCUT2D eigenvalue weighted by atomic mass is 32.2. The van der Waals surface area contributed by atoms with Crippen LogP contribution in [0, 0.1) is 6.92 Å². The number of nitrogens with zero attached hydrogens (tertiary/aromatic N) is 2. The molecule has 0 fully saturated rings. The van der Waals surface area contributed by atoms with E-state index in [9.17, 15) is 9.59 Å². The summed E-state index contributed by atoms with van der Waals surface area (Å²) in [6.45, 7) is 1.14. The van der Waals surface area contributed by atoms with Crippen molar-refractivity contribution in [2.45, 2.75) is 16.7 Å². The third kappa shape index (κ3) is 3.04. The lowest BCUT2D eigenvalue weighted by atomic mass is 10.2. The number of carbonyl (C=O) groups excluding carboxylic acids is 2. The van der Waals surface area contributed by atoms with E-state index in [2.05, 4.69) is 5.16 Å². The minimum atomic E-state index is -0.743. The molecular formula is C19H15N3O4S. The Morgan fingerprint density at radius 2 is 1.70 bits per heavy atom. The molecule has 27 heavy (non-hydrogen) atoms. The van der Waals surface area contributed by atoms with E-state index >= 15 is 0 Å². The first-order chi connectivity index (χ1) is 13.1. The second kappa shape index (κ2) is 6.81. The summed E-state index contributed by atoms with van der Waals surface area (Å²) in [7, 11) is 0. The molecule has 136 valence electrons. The van der Waals surface area contributed by atoms with Crippen molar-refractivity contribution in [2.75, 3.05) is 17.2 Å². The number of nitrogens with two attached hydrogens (primary N) is 1. The van der Waals surface area contributed by atoms with Crippen LogP contribution in [0.1, 0.15) is 16.1 Å². The number of nitrogen functional groups attached to an aromatic ring is 1. The van der Waals surface area contributed by atoms with Gasteiger partial charge in [0.05, 0.1) is 17.1 Å². The third-order valence-corrected chi connectivity index (χ3v) is 5.23. The molecule has 4 rings (SSSR count). The zero-order valence-corrected chi connectivity index (χ0v) is 15.2. The Morgan fingerprint density at radius 1 is 1.11 bits per heavy atom. The van der Waals surface area contributed by atoms with Gasteiger partial charge in [-0.3, -0.25) is 9.69 Å². The number of carbonyl (C=O) groups is 2. The van der Waals surface area contributed by atoms with Crippen LogP contribution >= 0.6 is 11.8 Å². The molecule has 0 saturated heterocycles. The van der Waals surface area contributed by atoms with Gasteiger partial charge < -0.3 is 15.0 Å². The van der Waals surface area contributed by atoms with E-state index in [-0.39, 0.29) is 17.4 Å². The summed E-state index contributed by atoms with van der Waals surface area (Å²) in [4.78, 5) is 28.7. The van der Waals surface area contributed by atoms with Gasteiger partial charge in [0.15, 0.2) is 6.61 Å². The Labute approximate surface area is 159 Å². The number of rotatable bonds is 3. The normalized spacial score (nSPS) is 12.3. The second-order valence-corrected chi connectivity index (χ2v) is 6.93. The van der Waals surface area contributed by atoms with Crippen molar-refractivity contribution in [3.8, 4) is 0 Å². The first kappa shape index (κ1) is 17.2. The summed E-state index contributed by atoms with van der Waals surface area (Å²) in [6.07, 6.45) is 0. The number of anilines is 3. The van der Waals surface area contributed by atoms with Crippen molar-refractivity contribution in [1.82, 2.24) is 5.16 Å². The first-order valence-corrected chi connectivity index (χ1v) is 8.95. The lowest BCUT2D eigenvalue weighted by molar-refractivity contribution is -0.121. The molecule has 3 aromatic rings. The molecule has 0 spiro atoms. The van der Waals surface area contributed by atoms with Crippen LogP contribution in [-0.4, -0.2) is 23.6 Å². The van der Waals surface area contributed by atoms with Crippen molar-refractivity contribution in [2.24, 2.45) is 0 Å². The van der Waals surface area contributed by atoms with Gasteiger partial charge >= 0.3 is 5.97 Å². The molecule has 2 N–H and O–H groups in total. The molecule has 1 amide bonds. The Bertz CT molecular complexity index is 982. The van der Waals surface area contributed by atoms with Gasteiger partial charge in [0.1, 0.15) is 5.56 Å². The van der Waals surface area contributed by atoms with Crippen LogP contribution in [0.4, 0.5) is 17.3 Å². The van der Waals surface area contributed by atoms with Crippen LogP contribution in [-0.2, 0) is 9.53 Å². The van der Waals surface area contributed by atoms with Gasteiger partial charge in [0, 0.05) is 9.79 Å². The Hall–Kier alpha value is -3.26. The number of aryl methyl sites for hydroxylation is 1. The Morgan fingerprint density at radius 3 is 2.26 bits per heavy atom. The molecule has 0 unspecified atom stereocenters. The van der Waals surface area contributed by atoms with Crippen molar-refractivity contribution < 1.29 is 18.8 Å². The number of aromatic nitrogens is 1. The zero-order chi connectivity index (χ0) is 19.0. The second-order valence-electron chi connectivity index (χ2n) is 5.85. The number of ether oxygens (including phenoxy) is 1. The summed E-state index contributed by atoms with van der Waals surface area (Å²) in [5.41, 5.74) is 7.45. The molecule has 1 aliphatic heterocycles. The van der Waals surface area contributed by atoms with Gasteiger partial charge in [0.2, 0.25) is 5.88 Å². The maximum atomic E-state index is 12.9. The molecule has 2 aromatic carbocycles. The van der Waals surface area contributed by atoms with Crippen molar-refractivity contribution in [3.05, 3.63) is 59.8 Å². The zero-order valence-electron chi connectivity index (χ0n) is 14.3. The smallest absolute Gasteiger partial charge is 0.346 e. The summed E-state index contributed by atoms with van der Waals surface area (Å²) in [5.74, 6) is -1.24. The standard InChI is InChI=1S/C19H15N3O4S/c1-11-17(18(20)26-21-11)19(24)25-10-16(23)22-12-6-2-4-8-14(12)27-15-9-5-3-7-13(15)22/h2-9H,10,20H2,1H3. The van der Waals surface area contributed by atoms with Gasteiger partial charge in [-0.25, -0.2) is 4.79 Å². The van der Waals surface area contributed by atoms with Crippen molar-refractivity contribution in [1.29, 1.82) is 0 Å². The number of hydrogen-bond donors (Lipinski definition) is 1. The number of esters is 1. The van der Waals surface area contributed by atoms with Crippen molar-refractivity contribution in [3.63, 3.8) is 0 Å². The van der Waals surface area contributed by atoms with E-state index in [0.717, 1.165) is 21.2 Å². The van der Waals surface area contributed by atoms with E-state index in [1.165, 1.54) is 0 Å². The molecule has 1 aromatic heterocycles. The third-order valence-electron chi connectivity index (χ3n) is 4.10. The lowest BCUT2D eigenvalue weighted by Gasteiger charge is -2.30. The lowest BCUT2D eigenvalue weighted by Crippen LogP contribution is -2.32. The maximum Gasteiger partial charge on any atom is 0.346 e. The molecule has 0 atom stereocenters. The van der Waals surface area contributed by atoms with E-state index in [1.54, 1.807) is 23.6 Å². The Kier molecular flexibility index (Phi) is 4.33. The fourth-order valence-electron chi connectivity index (χ4n) is 2.87. The van der Waals surface area contributed by atoms with Crippen LogP contribution in [0.15, 0.2) is 62.8 Å². The van der Waals surface area contributed by atoms with E-state index in [0.29, 0.717) is 5.69 Å². The topological polar surface area (TPSA) is 98.7 Å². The minimum absolute atomic E-state index is 0.0396. The fourth-order valence-corrected chi connectivity index (χ4v) is 3.93. The maximum absolute atomic E-state index is 12.9.